The molecule has 0 radical (unpaired) electrons. The summed E-state index contributed by atoms with van der Waals surface area (Å²) in [5, 5.41) is 11.4. The molecule has 0 bridgehead atoms. The summed E-state index contributed by atoms with van der Waals surface area (Å²) in [5.41, 5.74) is 0.201. The van der Waals surface area contributed by atoms with Crippen LogP contribution in [0.3, 0.4) is 0 Å². The van der Waals surface area contributed by atoms with E-state index in [9.17, 15) is 19.2 Å². The molecule has 1 aliphatic rings. The Morgan fingerprint density at radius 3 is 2.50 bits per heavy atom. The molecule has 11 heteroatoms. The van der Waals surface area contributed by atoms with Gasteiger partial charge in [0.15, 0.2) is 0 Å². The van der Waals surface area contributed by atoms with Crippen LogP contribution in [0, 0.1) is 5.92 Å². The molecule has 4 N–H and O–H groups in total. The summed E-state index contributed by atoms with van der Waals surface area (Å²) in [5.74, 6) is -1.39. The maximum atomic E-state index is 13.1. The Morgan fingerprint density at radius 2 is 1.79 bits per heavy atom. The summed E-state index contributed by atoms with van der Waals surface area (Å²) >= 11 is 5.87. The van der Waals surface area contributed by atoms with Crippen LogP contribution < -0.4 is 30.7 Å². The van der Waals surface area contributed by atoms with E-state index in [4.69, 9.17) is 21.1 Å². The quantitative estimate of drug-likeness (QED) is 0.411. The molecule has 1 aliphatic heterocycles. The standard InChI is InChI=1S/C27H33ClN4O6/c1-16(2)24-27(36)30-17(3)15-38-22-7-5-4-6-20(22)25(34)31-21(14-23(33)32-24)26(35)29-12-13-37-19-10-8-18(28)9-11-19/h4-11,16-17,21,24H,12-15H2,1-3H3,(H,29,35)(H,30,36)(H,31,34)(H,32,33)/t17-,21+,24+/m1/s1. The van der Waals surface area contributed by atoms with Gasteiger partial charge >= 0.3 is 0 Å². The molecule has 0 saturated heterocycles. The molecule has 2 aromatic rings. The van der Waals surface area contributed by atoms with Gasteiger partial charge in [0.1, 0.15) is 36.8 Å². The third kappa shape index (κ3) is 8.37. The maximum absolute atomic E-state index is 13.1. The van der Waals surface area contributed by atoms with Crippen LogP contribution in [0.2, 0.25) is 5.02 Å². The molecule has 38 heavy (non-hydrogen) atoms. The van der Waals surface area contributed by atoms with Crippen LogP contribution in [0.5, 0.6) is 11.5 Å². The van der Waals surface area contributed by atoms with Crippen LogP contribution in [0.25, 0.3) is 0 Å². The second-order valence-electron chi connectivity index (χ2n) is 9.33. The summed E-state index contributed by atoms with van der Waals surface area (Å²) < 4.78 is 11.4. The highest BCUT2D eigenvalue weighted by Crippen LogP contribution is 2.19. The fourth-order valence-corrected chi connectivity index (χ4v) is 3.89. The Hall–Kier alpha value is -3.79. The molecule has 204 valence electrons. The topological polar surface area (TPSA) is 135 Å². The molecule has 4 amide bonds. The van der Waals surface area contributed by atoms with Crippen LogP contribution in [0.15, 0.2) is 48.5 Å². The first-order valence-electron chi connectivity index (χ1n) is 12.4. The van der Waals surface area contributed by atoms with E-state index >= 15 is 0 Å². The largest absolute Gasteiger partial charge is 0.492 e. The number of nitrogens with one attached hydrogen (secondary N) is 4. The smallest absolute Gasteiger partial charge is 0.255 e. The van der Waals surface area contributed by atoms with Crippen LogP contribution in [0.4, 0.5) is 0 Å². The van der Waals surface area contributed by atoms with Crippen LogP contribution in [-0.4, -0.2) is 61.5 Å². The van der Waals surface area contributed by atoms with E-state index in [2.05, 4.69) is 21.3 Å². The zero-order valence-electron chi connectivity index (χ0n) is 21.6. The number of amides is 4. The predicted molar refractivity (Wildman–Crippen MR) is 142 cm³/mol. The van der Waals surface area contributed by atoms with Crippen molar-refractivity contribution in [3.05, 3.63) is 59.1 Å². The molecule has 3 rings (SSSR count). The minimum absolute atomic E-state index is 0.104. The molecule has 1 heterocycles. The van der Waals surface area contributed by atoms with E-state index in [-0.39, 0.29) is 49.6 Å². The SMILES string of the molecule is CC(C)[C@@H]1NC(=O)C[C@@H](C(=O)NCCOc2ccc(Cl)cc2)NC(=O)c2ccccc2OC[C@@H](C)NC1=O. The van der Waals surface area contributed by atoms with Gasteiger partial charge in [-0.25, -0.2) is 0 Å². The number of para-hydroxylation sites is 1. The Labute approximate surface area is 226 Å². The van der Waals surface area contributed by atoms with E-state index in [1.54, 1.807) is 69.3 Å². The van der Waals surface area contributed by atoms with Gasteiger partial charge in [-0.2, -0.15) is 0 Å². The summed E-state index contributed by atoms with van der Waals surface area (Å²) in [6, 6.07) is 10.9. The number of rotatable bonds is 6. The lowest BCUT2D eigenvalue weighted by atomic mass is 10.0. The molecular formula is C27H33ClN4O6. The van der Waals surface area contributed by atoms with E-state index in [1.807, 2.05) is 0 Å². The van der Waals surface area contributed by atoms with Crippen molar-refractivity contribution in [1.29, 1.82) is 0 Å². The Morgan fingerprint density at radius 1 is 1.08 bits per heavy atom. The Bertz CT molecular complexity index is 1140. The molecule has 0 aromatic heterocycles. The molecule has 0 aliphatic carbocycles. The lowest BCUT2D eigenvalue weighted by Crippen LogP contribution is -2.55. The lowest BCUT2D eigenvalue weighted by molar-refractivity contribution is -0.132. The molecule has 0 saturated carbocycles. The van der Waals surface area contributed by atoms with Crippen molar-refractivity contribution in [3.8, 4) is 11.5 Å². The number of benzene rings is 2. The first kappa shape index (κ1) is 28.8. The van der Waals surface area contributed by atoms with Gasteiger partial charge in [0.2, 0.25) is 17.7 Å². The number of hydrogen-bond donors (Lipinski definition) is 4. The molecule has 2 aromatic carbocycles. The van der Waals surface area contributed by atoms with Crippen molar-refractivity contribution in [2.45, 2.75) is 45.3 Å². The highest BCUT2D eigenvalue weighted by Gasteiger charge is 2.30. The van der Waals surface area contributed by atoms with Gasteiger partial charge in [-0.05, 0) is 49.2 Å². The van der Waals surface area contributed by atoms with Crippen LogP contribution in [0.1, 0.15) is 37.6 Å². The molecular weight excluding hydrogens is 512 g/mol. The average molecular weight is 545 g/mol. The van der Waals surface area contributed by atoms with Gasteiger partial charge in [-0.1, -0.05) is 37.6 Å². The van der Waals surface area contributed by atoms with E-state index < -0.39 is 29.8 Å². The van der Waals surface area contributed by atoms with Crippen molar-refractivity contribution < 1.29 is 28.7 Å². The van der Waals surface area contributed by atoms with Gasteiger partial charge in [-0.15, -0.1) is 0 Å². The fraction of sp³-hybridized carbons (Fsp3) is 0.407. The number of hydrogen-bond acceptors (Lipinski definition) is 6. The highest BCUT2D eigenvalue weighted by atomic mass is 35.5. The van der Waals surface area contributed by atoms with Crippen molar-refractivity contribution in [2.75, 3.05) is 19.8 Å². The van der Waals surface area contributed by atoms with Crippen LogP contribution >= 0.6 is 11.6 Å². The molecule has 0 fully saturated rings. The molecule has 10 nitrogen and oxygen atoms in total. The van der Waals surface area contributed by atoms with Crippen molar-refractivity contribution >= 4 is 35.2 Å². The molecule has 3 atom stereocenters. The monoisotopic (exact) mass is 544 g/mol. The Kier molecular flexibility index (Phi) is 10.3. The van der Waals surface area contributed by atoms with Gasteiger partial charge in [-0.3, -0.25) is 19.2 Å². The molecule has 0 unspecified atom stereocenters. The molecule has 0 spiro atoms. The number of carbonyl (C=O) groups excluding carboxylic acids is 4. The minimum Gasteiger partial charge on any atom is -0.492 e. The van der Waals surface area contributed by atoms with Gasteiger partial charge in [0, 0.05) is 5.02 Å². The van der Waals surface area contributed by atoms with Crippen molar-refractivity contribution in [1.82, 2.24) is 21.3 Å². The minimum atomic E-state index is -1.20. The summed E-state index contributed by atoms with van der Waals surface area (Å²) in [7, 11) is 0. The second kappa shape index (κ2) is 13.7. The second-order valence-corrected chi connectivity index (χ2v) is 9.77. The highest BCUT2D eigenvalue weighted by molar-refractivity contribution is 6.30. The summed E-state index contributed by atoms with van der Waals surface area (Å²) in [4.78, 5) is 51.9. The van der Waals surface area contributed by atoms with Gasteiger partial charge < -0.3 is 30.7 Å². The number of fused-ring (bicyclic) bond motifs is 1. The lowest BCUT2D eigenvalue weighted by Gasteiger charge is -2.26. The zero-order chi connectivity index (χ0) is 27.7. The third-order valence-corrected chi connectivity index (χ3v) is 6.02. The van der Waals surface area contributed by atoms with E-state index in [0.29, 0.717) is 16.5 Å². The maximum Gasteiger partial charge on any atom is 0.255 e. The van der Waals surface area contributed by atoms with E-state index in [0.717, 1.165) is 0 Å². The summed E-state index contributed by atoms with van der Waals surface area (Å²) in [6.45, 7) is 5.76. The number of carbonyl (C=O) groups is 4. The van der Waals surface area contributed by atoms with Gasteiger partial charge in [0.25, 0.3) is 5.91 Å². The predicted octanol–water partition coefficient (Wildman–Crippen LogP) is 2.06. The third-order valence-electron chi connectivity index (χ3n) is 5.77. The zero-order valence-corrected chi connectivity index (χ0v) is 22.3. The Balaban J connectivity index is 1.75. The van der Waals surface area contributed by atoms with E-state index in [1.165, 1.54) is 0 Å². The normalized spacial score (nSPS) is 20.7. The van der Waals surface area contributed by atoms with Crippen molar-refractivity contribution in [3.63, 3.8) is 0 Å². The fourth-order valence-electron chi connectivity index (χ4n) is 3.76. The van der Waals surface area contributed by atoms with Crippen LogP contribution in [-0.2, 0) is 14.4 Å². The first-order valence-corrected chi connectivity index (χ1v) is 12.8. The summed E-state index contributed by atoms with van der Waals surface area (Å²) in [6.07, 6.45) is -0.370. The average Bonchev–Trinajstić information content (AvgIpc) is 2.88. The number of ether oxygens (including phenoxy) is 2. The first-order chi connectivity index (χ1) is 18.1. The number of halogens is 1. The van der Waals surface area contributed by atoms with Crippen molar-refractivity contribution in [2.24, 2.45) is 5.92 Å². The van der Waals surface area contributed by atoms with Gasteiger partial charge in [0.05, 0.1) is 24.6 Å².